The molecule has 0 radical (unpaired) electrons. The molecule has 0 saturated heterocycles. The number of thioether (sulfide) groups is 1. The van der Waals surface area contributed by atoms with Crippen LogP contribution in [-0.4, -0.2) is 39.6 Å². The average Bonchev–Trinajstić information content (AvgIpc) is 3.15. The van der Waals surface area contributed by atoms with Gasteiger partial charge in [-0.3, -0.25) is 0 Å². The summed E-state index contributed by atoms with van der Waals surface area (Å²) < 4.78 is 13.1. The van der Waals surface area contributed by atoms with Crippen molar-refractivity contribution in [1.29, 1.82) is 0 Å². The van der Waals surface area contributed by atoms with Gasteiger partial charge >= 0.3 is 0 Å². The maximum absolute atomic E-state index is 6.46. The molecule has 0 aliphatic carbocycles. The number of aromatic nitrogens is 4. The number of aryl methyl sites for hydroxylation is 1. The molecule has 0 amide bonds. The van der Waals surface area contributed by atoms with Gasteiger partial charge in [0, 0.05) is 29.9 Å². The Morgan fingerprint density at radius 2 is 1.97 bits per heavy atom. The second kappa shape index (κ2) is 13.0. The summed E-state index contributed by atoms with van der Waals surface area (Å²) in [6, 6.07) is 11.4. The van der Waals surface area contributed by atoms with Gasteiger partial charge in [-0.1, -0.05) is 53.2 Å². The largest absolute Gasteiger partial charge is 0.493 e. The highest BCUT2D eigenvalue weighted by atomic mass is 35.5. The number of halogens is 3. The van der Waals surface area contributed by atoms with E-state index in [0.717, 1.165) is 35.0 Å². The molecule has 3 rings (SSSR count). The summed E-state index contributed by atoms with van der Waals surface area (Å²) in [6.45, 7) is 1.85. The second-order valence-corrected chi connectivity index (χ2v) is 8.33. The minimum Gasteiger partial charge on any atom is -0.493 e. The van der Waals surface area contributed by atoms with E-state index >= 15 is 0 Å². The lowest BCUT2D eigenvalue weighted by molar-refractivity contribution is 0.284. The van der Waals surface area contributed by atoms with Gasteiger partial charge in [-0.25, -0.2) is 4.68 Å². The zero-order valence-electron chi connectivity index (χ0n) is 17.2. The van der Waals surface area contributed by atoms with Crippen molar-refractivity contribution in [3.63, 3.8) is 0 Å². The quantitative estimate of drug-likeness (QED) is 0.297. The highest BCUT2D eigenvalue weighted by molar-refractivity contribution is 7.99. The summed E-state index contributed by atoms with van der Waals surface area (Å²) in [5.41, 5.74) is 1.91. The van der Waals surface area contributed by atoms with Gasteiger partial charge in [0.1, 0.15) is 6.61 Å². The normalized spacial score (nSPS) is 10.6. The van der Waals surface area contributed by atoms with Gasteiger partial charge in [-0.2, -0.15) is 0 Å². The highest BCUT2D eigenvalue weighted by Crippen LogP contribution is 2.37. The van der Waals surface area contributed by atoms with E-state index in [2.05, 4.69) is 20.8 Å². The van der Waals surface area contributed by atoms with Crippen molar-refractivity contribution in [2.45, 2.75) is 24.7 Å². The second-order valence-electron chi connectivity index (χ2n) is 6.45. The number of tetrazole rings is 1. The third-order valence-corrected chi connectivity index (χ3v) is 6.00. The predicted molar refractivity (Wildman–Crippen MR) is 127 cm³/mol. The minimum absolute atomic E-state index is 0. The van der Waals surface area contributed by atoms with Crippen LogP contribution in [0.15, 0.2) is 41.6 Å². The van der Waals surface area contributed by atoms with Gasteiger partial charge in [-0.15, -0.1) is 17.5 Å². The lowest BCUT2D eigenvalue weighted by Crippen LogP contribution is -2.15. The first kappa shape index (κ1) is 25.5. The zero-order chi connectivity index (χ0) is 21.3. The van der Waals surface area contributed by atoms with Gasteiger partial charge in [0.25, 0.3) is 0 Å². The standard InChI is InChI=1S/C20H23Cl2N5O2S.ClH/c1-27-20(24-25-26-27)30-9-5-8-23-12-14-10-17(22)19(18(11-14)28-2)29-13-15-6-3-4-7-16(15)21;/h3-4,6-7,10-11,23H,5,8-9,12-13H2,1-2H3;1H. The van der Waals surface area contributed by atoms with Crippen molar-refractivity contribution in [3.05, 3.63) is 57.6 Å². The summed E-state index contributed by atoms with van der Waals surface area (Å²) in [5, 5.41) is 16.8. The monoisotopic (exact) mass is 503 g/mol. The first-order valence-corrected chi connectivity index (χ1v) is 11.1. The van der Waals surface area contributed by atoms with Crippen LogP contribution < -0.4 is 14.8 Å². The smallest absolute Gasteiger partial charge is 0.209 e. The lowest BCUT2D eigenvalue weighted by Gasteiger charge is -2.15. The molecule has 11 heteroatoms. The number of ether oxygens (including phenoxy) is 2. The van der Waals surface area contributed by atoms with Gasteiger partial charge in [0.15, 0.2) is 11.5 Å². The molecule has 2 aromatic carbocycles. The van der Waals surface area contributed by atoms with Crippen molar-refractivity contribution in [3.8, 4) is 11.5 Å². The lowest BCUT2D eigenvalue weighted by atomic mass is 10.2. The third kappa shape index (κ3) is 7.43. The molecule has 1 heterocycles. The van der Waals surface area contributed by atoms with E-state index in [1.54, 1.807) is 23.6 Å². The molecule has 0 unspecified atom stereocenters. The van der Waals surface area contributed by atoms with Crippen LogP contribution in [0.2, 0.25) is 10.0 Å². The molecule has 168 valence electrons. The first-order chi connectivity index (χ1) is 14.6. The molecule has 0 fully saturated rings. The fourth-order valence-corrected chi connectivity index (χ4v) is 3.98. The van der Waals surface area contributed by atoms with Crippen molar-refractivity contribution in [2.75, 3.05) is 19.4 Å². The van der Waals surface area contributed by atoms with E-state index in [1.165, 1.54) is 0 Å². The van der Waals surface area contributed by atoms with E-state index < -0.39 is 0 Å². The number of hydrogen-bond acceptors (Lipinski definition) is 7. The molecule has 0 spiro atoms. The summed E-state index contributed by atoms with van der Waals surface area (Å²) >= 11 is 14.3. The molecule has 0 atom stereocenters. The highest BCUT2D eigenvalue weighted by Gasteiger charge is 2.13. The van der Waals surface area contributed by atoms with E-state index in [1.807, 2.05) is 43.4 Å². The Kier molecular flexibility index (Phi) is 10.7. The van der Waals surface area contributed by atoms with Crippen LogP contribution in [0.4, 0.5) is 0 Å². The molecule has 1 N–H and O–H groups in total. The summed E-state index contributed by atoms with van der Waals surface area (Å²) in [5.74, 6) is 2.04. The van der Waals surface area contributed by atoms with Crippen LogP contribution in [0.5, 0.6) is 11.5 Å². The number of hydrogen-bond donors (Lipinski definition) is 1. The van der Waals surface area contributed by atoms with Gasteiger partial charge in [0.05, 0.1) is 12.1 Å². The fourth-order valence-electron chi connectivity index (χ4n) is 2.72. The van der Waals surface area contributed by atoms with E-state index in [0.29, 0.717) is 34.7 Å². The molecule has 1 aromatic heterocycles. The topological polar surface area (TPSA) is 74.1 Å². The van der Waals surface area contributed by atoms with Gasteiger partial charge in [0.2, 0.25) is 5.16 Å². The zero-order valence-corrected chi connectivity index (χ0v) is 20.3. The molecular formula is C20H24Cl3N5O2S. The molecule has 0 aliphatic heterocycles. The summed E-state index contributed by atoms with van der Waals surface area (Å²) in [6.07, 6.45) is 0.988. The number of rotatable bonds is 11. The van der Waals surface area contributed by atoms with Gasteiger partial charge in [-0.05, 0) is 47.2 Å². The molecule has 3 aromatic rings. The average molecular weight is 505 g/mol. The molecule has 7 nitrogen and oxygen atoms in total. The Bertz CT molecular complexity index is 974. The molecule has 0 saturated carbocycles. The van der Waals surface area contributed by atoms with Crippen molar-refractivity contribution in [1.82, 2.24) is 25.5 Å². The summed E-state index contributed by atoms with van der Waals surface area (Å²) in [4.78, 5) is 0. The van der Waals surface area contributed by atoms with E-state index in [9.17, 15) is 0 Å². The van der Waals surface area contributed by atoms with Crippen LogP contribution >= 0.6 is 47.4 Å². The van der Waals surface area contributed by atoms with Crippen LogP contribution in [0.1, 0.15) is 17.5 Å². The Labute approximate surface area is 202 Å². The number of benzene rings is 2. The van der Waals surface area contributed by atoms with E-state index in [4.69, 9.17) is 32.7 Å². The van der Waals surface area contributed by atoms with Gasteiger partial charge < -0.3 is 14.8 Å². The molecule has 0 bridgehead atoms. The van der Waals surface area contributed by atoms with Crippen LogP contribution in [0.25, 0.3) is 0 Å². The molecule has 0 aliphatic rings. The Morgan fingerprint density at radius 3 is 2.68 bits per heavy atom. The first-order valence-electron chi connectivity index (χ1n) is 9.37. The third-order valence-electron chi connectivity index (χ3n) is 4.26. The van der Waals surface area contributed by atoms with Crippen molar-refractivity contribution >= 4 is 47.4 Å². The SMILES string of the molecule is COc1cc(CNCCCSc2nnnn2C)cc(Cl)c1OCc1ccccc1Cl.Cl. The maximum Gasteiger partial charge on any atom is 0.209 e. The Morgan fingerprint density at radius 1 is 1.16 bits per heavy atom. The van der Waals surface area contributed by atoms with E-state index in [-0.39, 0.29) is 12.4 Å². The van der Waals surface area contributed by atoms with Crippen LogP contribution in [0, 0.1) is 0 Å². The molecule has 31 heavy (non-hydrogen) atoms. The van der Waals surface area contributed by atoms with Crippen molar-refractivity contribution < 1.29 is 9.47 Å². The number of nitrogens with one attached hydrogen (secondary N) is 1. The number of methoxy groups -OCH3 is 1. The maximum atomic E-state index is 6.46. The molecular weight excluding hydrogens is 481 g/mol. The summed E-state index contributed by atoms with van der Waals surface area (Å²) in [7, 11) is 3.43. The Hall–Kier alpha value is -1.71. The fraction of sp³-hybridized carbons (Fsp3) is 0.350. The van der Waals surface area contributed by atoms with Crippen LogP contribution in [0.3, 0.4) is 0 Å². The number of nitrogens with zero attached hydrogens (tertiary/aromatic N) is 4. The minimum atomic E-state index is 0. The Balaban J connectivity index is 0.00000341. The van der Waals surface area contributed by atoms with Crippen molar-refractivity contribution in [2.24, 2.45) is 7.05 Å². The predicted octanol–water partition coefficient (Wildman–Crippen LogP) is 4.80. The van der Waals surface area contributed by atoms with Crippen LogP contribution in [-0.2, 0) is 20.2 Å².